The summed E-state index contributed by atoms with van der Waals surface area (Å²) in [6, 6.07) is 6.51. The van der Waals surface area contributed by atoms with Crippen LogP contribution in [0.5, 0.6) is 34.5 Å². The second kappa shape index (κ2) is 8.22. The zero-order chi connectivity index (χ0) is 21.1. The quantitative estimate of drug-likeness (QED) is 0.594. The van der Waals surface area contributed by atoms with Gasteiger partial charge in [-0.2, -0.15) is 0 Å². The van der Waals surface area contributed by atoms with E-state index < -0.39 is 0 Å². The van der Waals surface area contributed by atoms with Gasteiger partial charge in [-0.1, -0.05) is 0 Å². The summed E-state index contributed by atoms with van der Waals surface area (Å²) < 4.78 is 38.3. The molecule has 3 rings (SSSR count). The van der Waals surface area contributed by atoms with Gasteiger partial charge in [-0.15, -0.1) is 0 Å². The molecule has 3 aromatic rings. The number of hydrogen-bond donors (Lipinski definition) is 0. The van der Waals surface area contributed by atoms with E-state index in [0.29, 0.717) is 34.3 Å². The molecule has 0 aliphatic heterocycles. The van der Waals surface area contributed by atoms with Crippen LogP contribution < -0.4 is 33.8 Å². The van der Waals surface area contributed by atoms with Crippen LogP contribution in [0.1, 0.15) is 0 Å². The highest BCUT2D eigenvalue weighted by Crippen LogP contribution is 2.44. The molecule has 0 saturated heterocycles. The van der Waals surface area contributed by atoms with Gasteiger partial charge in [0.05, 0.1) is 48.2 Å². The molecule has 0 atom stereocenters. The highest BCUT2D eigenvalue weighted by Gasteiger charge is 2.24. The Bertz CT molecular complexity index is 1100. The van der Waals surface area contributed by atoms with E-state index in [9.17, 15) is 4.79 Å². The Labute approximate surface area is 167 Å². The lowest BCUT2D eigenvalue weighted by Crippen LogP contribution is -2.09. The Morgan fingerprint density at radius 2 is 1.28 bits per heavy atom. The molecular weight excluding hydrogens is 380 g/mol. The summed E-state index contributed by atoms with van der Waals surface area (Å²) in [5.41, 5.74) is 0.349. The maximum atomic E-state index is 13.2. The molecule has 0 aliphatic carbocycles. The first-order valence-corrected chi connectivity index (χ1v) is 8.60. The molecule has 1 aromatic heterocycles. The van der Waals surface area contributed by atoms with Crippen molar-refractivity contribution in [2.75, 3.05) is 42.7 Å². The first-order valence-electron chi connectivity index (χ1n) is 8.60. The van der Waals surface area contributed by atoms with Crippen molar-refractivity contribution in [3.05, 3.63) is 34.5 Å². The summed E-state index contributed by atoms with van der Waals surface area (Å²) in [5, 5.41) is 0.244. The minimum Gasteiger partial charge on any atom is -0.496 e. The fourth-order valence-corrected chi connectivity index (χ4v) is 3.09. The van der Waals surface area contributed by atoms with Crippen molar-refractivity contribution in [2.45, 2.75) is 0 Å². The highest BCUT2D eigenvalue weighted by atomic mass is 16.5. The Hall–Kier alpha value is -3.55. The molecule has 154 valence electrons. The van der Waals surface area contributed by atoms with E-state index in [1.165, 1.54) is 42.7 Å². The van der Waals surface area contributed by atoms with Gasteiger partial charge in [0.2, 0.25) is 11.2 Å². The van der Waals surface area contributed by atoms with Crippen molar-refractivity contribution in [1.29, 1.82) is 0 Å². The van der Waals surface area contributed by atoms with Crippen molar-refractivity contribution >= 4 is 11.0 Å². The molecule has 0 unspecified atom stereocenters. The molecule has 29 heavy (non-hydrogen) atoms. The minimum absolute atomic E-state index is 0.00601. The lowest BCUT2D eigenvalue weighted by Gasteiger charge is -2.16. The molecular formula is C21H22O8. The second-order valence-corrected chi connectivity index (χ2v) is 5.90. The van der Waals surface area contributed by atoms with Gasteiger partial charge in [-0.25, -0.2) is 0 Å². The predicted molar refractivity (Wildman–Crippen MR) is 107 cm³/mol. The average molecular weight is 402 g/mol. The van der Waals surface area contributed by atoms with Gasteiger partial charge in [0.25, 0.3) is 0 Å². The zero-order valence-corrected chi connectivity index (χ0v) is 17.1. The SMILES string of the molecule is COc1cc(OC)c2c(=O)c(OC)c(-c3cc(OC)c(OC)cc3OC)oc2c1. The summed E-state index contributed by atoms with van der Waals surface area (Å²) in [6.07, 6.45) is 0. The van der Waals surface area contributed by atoms with Gasteiger partial charge in [0.1, 0.15) is 28.2 Å². The normalized spacial score (nSPS) is 10.6. The van der Waals surface area contributed by atoms with Crippen LogP contribution in [-0.4, -0.2) is 42.7 Å². The van der Waals surface area contributed by atoms with E-state index in [1.807, 2.05) is 0 Å². The monoisotopic (exact) mass is 402 g/mol. The number of methoxy groups -OCH3 is 6. The molecule has 8 heteroatoms. The van der Waals surface area contributed by atoms with Crippen molar-refractivity contribution in [3.63, 3.8) is 0 Å². The summed E-state index contributed by atoms with van der Waals surface area (Å²) in [6.45, 7) is 0. The fourth-order valence-electron chi connectivity index (χ4n) is 3.09. The molecule has 0 aliphatic rings. The summed E-state index contributed by atoms with van der Waals surface area (Å²) in [7, 11) is 8.91. The minimum atomic E-state index is -0.389. The summed E-state index contributed by atoms with van der Waals surface area (Å²) in [5.74, 6) is 2.31. The van der Waals surface area contributed by atoms with Gasteiger partial charge in [0.15, 0.2) is 17.3 Å². The van der Waals surface area contributed by atoms with E-state index in [2.05, 4.69) is 0 Å². The Morgan fingerprint density at radius 1 is 0.655 bits per heavy atom. The highest BCUT2D eigenvalue weighted by molar-refractivity contribution is 5.89. The molecule has 0 spiro atoms. The lowest BCUT2D eigenvalue weighted by molar-refractivity contribution is 0.348. The van der Waals surface area contributed by atoms with Crippen molar-refractivity contribution < 1.29 is 32.8 Å². The van der Waals surface area contributed by atoms with Crippen molar-refractivity contribution in [2.24, 2.45) is 0 Å². The zero-order valence-electron chi connectivity index (χ0n) is 17.1. The standard InChI is InChI=1S/C21H22O8/c1-23-11-7-16(27-5)18-17(8-11)29-20(21(28-6)19(18)22)12-9-14(25-3)15(26-4)10-13(12)24-2/h7-10H,1-6H3. The number of ether oxygens (including phenoxy) is 6. The third-order valence-electron chi connectivity index (χ3n) is 4.50. The van der Waals surface area contributed by atoms with Gasteiger partial charge in [0, 0.05) is 18.2 Å². The fraction of sp³-hybridized carbons (Fsp3) is 0.286. The van der Waals surface area contributed by atoms with Crippen LogP contribution in [0, 0.1) is 0 Å². The molecule has 1 heterocycles. The van der Waals surface area contributed by atoms with Crippen LogP contribution in [0.25, 0.3) is 22.3 Å². The van der Waals surface area contributed by atoms with E-state index in [4.69, 9.17) is 32.8 Å². The third-order valence-corrected chi connectivity index (χ3v) is 4.50. The Balaban J connectivity index is 2.43. The smallest absolute Gasteiger partial charge is 0.239 e. The van der Waals surface area contributed by atoms with Crippen LogP contribution in [0.15, 0.2) is 33.5 Å². The summed E-state index contributed by atoms with van der Waals surface area (Å²) in [4.78, 5) is 13.2. The number of rotatable bonds is 7. The predicted octanol–water partition coefficient (Wildman–Crippen LogP) is 3.51. The maximum Gasteiger partial charge on any atom is 0.239 e. The third kappa shape index (κ3) is 3.37. The topological polar surface area (TPSA) is 85.6 Å². The van der Waals surface area contributed by atoms with E-state index in [0.717, 1.165) is 0 Å². The van der Waals surface area contributed by atoms with Crippen LogP contribution >= 0.6 is 0 Å². The summed E-state index contributed by atoms with van der Waals surface area (Å²) >= 11 is 0. The van der Waals surface area contributed by atoms with Gasteiger partial charge < -0.3 is 32.8 Å². The molecule has 0 N–H and O–H groups in total. The van der Waals surface area contributed by atoms with Crippen LogP contribution in [0.3, 0.4) is 0 Å². The maximum absolute atomic E-state index is 13.2. The molecule has 0 amide bonds. The molecule has 0 fully saturated rings. The number of fused-ring (bicyclic) bond motifs is 1. The van der Waals surface area contributed by atoms with Crippen molar-refractivity contribution in [1.82, 2.24) is 0 Å². The van der Waals surface area contributed by atoms with E-state index in [-0.39, 0.29) is 27.9 Å². The van der Waals surface area contributed by atoms with Gasteiger partial charge >= 0.3 is 0 Å². The Morgan fingerprint density at radius 3 is 1.83 bits per heavy atom. The lowest BCUT2D eigenvalue weighted by atomic mass is 10.1. The number of hydrogen-bond acceptors (Lipinski definition) is 8. The first kappa shape index (κ1) is 20.2. The van der Waals surface area contributed by atoms with Crippen LogP contribution in [-0.2, 0) is 0 Å². The van der Waals surface area contributed by atoms with E-state index in [1.54, 1.807) is 24.3 Å². The average Bonchev–Trinajstić information content (AvgIpc) is 2.76. The van der Waals surface area contributed by atoms with E-state index >= 15 is 0 Å². The second-order valence-electron chi connectivity index (χ2n) is 5.90. The van der Waals surface area contributed by atoms with Gasteiger partial charge in [-0.05, 0) is 6.07 Å². The molecule has 2 aromatic carbocycles. The molecule has 0 bridgehead atoms. The molecule has 0 saturated carbocycles. The van der Waals surface area contributed by atoms with Crippen LogP contribution in [0.4, 0.5) is 0 Å². The Kier molecular flexibility index (Phi) is 5.72. The first-order chi connectivity index (χ1) is 14.0. The number of benzene rings is 2. The van der Waals surface area contributed by atoms with Crippen molar-refractivity contribution in [3.8, 4) is 45.8 Å². The van der Waals surface area contributed by atoms with Crippen LogP contribution in [0.2, 0.25) is 0 Å². The molecule has 0 radical (unpaired) electrons. The largest absolute Gasteiger partial charge is 0.496 e. The molecule has 8 nitrogen and oxygen atoms in total. The van der Waals surface area contributed by atoms with Gasteiger partial charge in [-0.3, -0.25) is 4.79 Å².